The quantitative estimate of drug-likeness (QED) is 0.332. The smallest absolute Gasteiger partial charge is 0.415 e. The maximum atomic E-state index is 13.2. The number of carbonyl (C=O) groups is 2. The molecule has 3 fully saturated rings. The van der Waals surface area contributed by atoms with Gasteiger partial charge in [-0.25, -0.2) is 10.1 Å². The number of hydrogen-bond donors (Lipinski definition) is 1. The predicted molar refractivity (Wildman–Crippen MR) is 53.9 cm³/mol. The van der Waals surface area contributed by atoms with Crippen LogP contribution in [-0.2, 0) is 33.2 Å². The number of hydrogen-bond acceptors (Lipinski definition) is 9. The lowest BCUT2D eigenvalue weighted by atomic mass is 9.88. The van der Waals surface area contributed by atoms with Crippen molar-refractivity contribution in [3.05, 3.63) is 0 Å². The maximum Gasteiger partial charge on any atom is 0.415 e. The van der Waals surface area contributed by atoms with Gasteiger partial charge in [0, 0.05) is 0 Å². The van der Waals surface area contributed by atoms with E-state index < -0.39 is 59.6 Å². The van der Waals surface area contributed by atoms with Gasteiger partial charge in [-0.2, -0.15) is 8.78 Å². The Morgan fingerprint density at radius 3 is 2.90 bits per heavy atom. The van der Waals surface area contributed by atoms with Crippen molar-refractivity contribution >= 4 is 24.0 Å². The molecular weight excluding hydrogens is 306 g/mol. The van der Waals surface area contributed by atoms with Gasteiger partial charge in [0.1, 0.15) is 18.1 Å². The van der Waals surface area contributed by atoms with Crippen LogP contribution in [0.4, 0.5) is 8.78 Å². The van der Waals surface area contributed by atoms with Gasteiger partial charge in [0.25, 0.3) is 0 Å². The van der Waals surface area contributed by atoms with E-state index in [9.17, 15) is 18.4 Å². The summed E-state index contributed by atoms with van der Waals surface area (Å²) in [5.41, 5.74) is 0. The summed E-state index contributed by atoms with van der Waals surface area (Å²) in [5.74, 6) is -2.79. The summed E-state index contributed by atoms with van der Waals surface area (Å²) in [6.45, 7) is 0. The molecule has 0 radical (unpaired) electrons. The fourth-order valence-corrected chi connectivity index (χ4v) is 2.90. The number of carbonyl (C=O) groups excluding carboxylic acids is 2. The molecule has 0 spiro atoms. The number of halogens is 2. The standard InChI is InChI=1S/C9H8F2O8S/c10-9(11,20-19-18-14)8(13)17-5-3-1-2-4(15-3)6(5)16-7(2)12/h2-6,14H,1H2. The monoisotopic (exact) mass is 314 g/mol. The van der Waals surface area contributed by atoms with Crippen LogP contribution in [0.15, 0.2) is 0 Å². The molecule has 3 heterocycles. The number of ether oxygens (including phenoxy) is 3. The minimum atomic E-state index is -4.09. The van der Waals surface area contributed by atoms with Gasteiger partial charge >= 0.3 is 17.2 Å². The first-order valence-corrected chi connectivity index (χ1v) is 6.29. The molecule has 8 nitrogen and oxygen atoms in total. The molecule has 0 aliphatic carbocycles. The normalized spacial score (nSPS) is 38.1. The van der Waals surface area contributed by atoms with Gasteiger partial charge in [0.05, 0.1) is 12.0 Å². The fourth-order valence-electron chi connectivity index (χ4n) is 2.67. The summed E-state index contributed by atoms with van der Waals surface area (Å²) in [7, 11) is 0. The summed E-state index contributed by atoms with van der Waals surface area (Å²) in [6, 6.07) is 0. The van der Waals surface area contributed by atoms with Gasteiger partial charge in [-0.05, 0) is 6.42 Å². The molecule has 2 bridgehead atoms. The highest BCUT2D eigenvalue weighted by Crippen LogP contribution is 2.48. The second kappa shape index (κ2) is 4.77. The zero-order valence-corrected chi connectivity index (χ0v) is 10.4. The molecule has 0 saturated carbocycles. The molecule has 1 N–H and O–H groups in total. The van der Waals surface area contributed by atoms with Crippen molar-refractivity contribution in [2.45, 2.75) is 36.1 Å². The molecule has 3 saturated heterocycles. The third kappa shape index (κ3) is 2.05. The van der Waals surface area contributed by atoms with Gasteiger partial charge in [-0.15, -0.1) is 4.33 Å². The highest BCUT2D eigenvalue weighted by molar-refractivity contribution is 7.96. The summed E-state index contributed by atoms with van der Waals surface area (Å²) in [6.07, 6.45) is -2.85. The molecule has 3 aliphatic heterocycles. The minimum Gasteiger partial charge on any atom is -0.455 e. The van der Waals surface area contributed by atoms with Crippen molar-refractivity contribution in [1.29, 1.82) is 0 Å². The van der Waals surface area contributed by atoms with E-state index in [2.05, 4.69) is 14.1 Å². The number of rotatable bonds is 5. The summed E-state index contributed by atoms with van der Waals surface area (Å²) >= 11 is -0.719. The van der Waals surface area contributed by atoms with Gasteiger partial charge in [-0.3, -0.25) is 4.79 Å². The molecule has 5 unspecified atom stereocenters. The van der Waals surface area contributed by atoms with Gasteiger partial charge < -0.3 is 14.2 Å². The van der Waals surface area contributed by atoms with Crippen LogP contribution in [0, 0.1) is 5.92 Å². The van der Waals surface area contributed by atoms with Crippen LogP contribution in [0.1, 0.15) is 6.42 Å². The molecule has 0 amide bonds. The number of esters is 2. The van der Waals surface area contributed by atoms with Gasteiger partial charge in [-0.1, -0.05) is 5.04 Å². The largest absolute Gasteiger partial charge is 0.455 e. The average Bonchev–Trinajstić information content (AvgIpc) is 3.00. The van der Waals surface area contributed by atoms with E-state index in [-0.39, 0.29) is 6.42 Å². The Morgan fingerprint density at radius 1 is 1.45 bits per heavy atom. The molecule has 11 heteroatoms. The Hall–Kier alpha value is -1.01. The van der Waals surface area contributed by atoms with E-state index in [4.69, 9.17) is 14.7 Å². The van der Waals surface area contributed by atoms with E-state index in [0.717, 1.165) is 0 Å². The van der Waals surface area contributed by atoms with E-state index in [1.54, 1.807) is 0 Å². The third-order valence-corrected chi connectivity index (χ3v) is 3.94. The van der Waals surface area contributed by atoms with Crippen molar-refractivity contribution in [1.82, 2.24) is 0 Å². The number of fused-ring (bicyclic) bond motifs is 1. The first-order valence-electron chi connectivity index (χ1n) is 5.55. The Bertz CT molecular complexity index is 446. The van der Waals surface area contributed by atoms with Gasteiger partial charge in [0.2, 0.25) is 0 Å². The lowest BCUT2D eigenvalue weighted by molar-refractivity contribution is -0.433. The van der Waals surface area contributed by atoms with Crippen molar-refractivity contribution < 1.29 is 47.2 Å². The Labute approximate surface area is 114 Å². The Morgan fingerprint density at radius 2 is 2.20 bits per heavy atom. The zero-order valence-electron chi connectivity index (χ0n) is 9.56. The lowest BCUT2D eigenvalue weighted by Crippen LogP contribution is -2.43. The van der Waals surface area contributed by atoms with Crippen LogP contribution >= 0.6 is 12.0 Å². The molecule has 112 valence electrons. The molecule has 3 aliphatic rings. The molecule has 0 aromatic rings. The van der Waals surface area contributed by atoms with Gasteiger partial charge in [0.15, 0.2) is 12.2 Å². The van der Waals surface area contributed by atoms with Crippen molar-refractivity contribution in [2.75, 3.05) is 0 Å². The van der Waals surface area contributed by atoms with Crippen LogP contribution in [0.2, 0.25) is 0 Å². The van der Waals surface area contributed by atoms with Crippen molar-refractivity contribution in [3.8, 4) is 0 Å². The molecule has 5 atom stereocenters. The molecule has 3 rings (SSSR count). The first kappa shape index (κ1) is 13.9. The molecule has 0 aromatic heterocycles. The lowest BCUT2D eigenvalue weighted by Gasteiger charge is -2.23. The molecule has 0 aromatic carbocycles. The minimum absolute atomic E-state index is 0.271. The van der Waals surface area contributed by atoms with E-state index in [1.165, 1.54) is 0 Å². The van der Waals surface area contributed by atoms with Crippen LogP contribution in [0.3, 0.4) is 0 Å². The van der Waals surface area contributed by atoms with E-state index in [0.29, 0.717) is 0 Å². The topological polar surface area (TPSA) is 101 Å². The third-order valence-electron chi connectivity index (χ3n) is 3.43. The fraction of sp³-hybridized carbons (Fsp3) is 0.778. The summed E-state index contributed by atoms with van der Waals surface area (Å²) in [5, 5.41) is 6.69. The highest BCUT2D eigenvalue weighted by atomic mass is 32.2. The first-order chi connectivity index (χ1) is 9.44. The van der Waals surface area contributed by atoms with Crippen LogP contribution in [-0.4, -0.2) is 46.9 Å². The highest BCUT2D eigenvalue weighted by Gasteiger charge is 2.65. The SMILES string of the molecule is O=C1OC2C(OC(=O)C(F)(F)SOOO)C3CC1C2O3. The second-order valence-electron chi connectivity index (χ2n) is 4.50. The predicted octanol–water partition coefficient (Wildman–Crippen LogP) is 0.273. The van der Waals surface area contributed by atoms with Crippen LogP contribution in [0.25, 0.3) is 0 Å². The molecule has 20 heavy (non-hydrogen) atoms. The average molecular weight is 314 g/mol. The summed E-state index contributed by atoms with van der Waals surface area (Å²) in [4.78, 5) is 22.8. The second-order valence-corrected chi connectivity index (χ2v) is 5.31. The van der Waals surface area contributed by atoms with E-state index >= 15 is 0 Å². The maximum absolute atomic E-state index is 13.2. The van der Waals surface area contributed by atoms with Crippen LogP contribution in [0.5, 0.6) is 0 Å². The summed E-state index contributed by atoms with van der Waals surface area (Å²) < 4.78 is 45.0. The van der Waals surface area contributed by atoms with Crippen LogP contribution < -0.4 is 0 Å². The van der Waals surface area contributed by atoms with Crippen molar-refractivity contribution in [2.24, 2.45) is 5.92 Å². The number of alkyl halides is 2. The van der Waals surface area contributed by atoms with E-state index in [1.807, 2.05) is 0 Å². The molecular formula is C9H8F2O8S. The van der Waals surface area contributed by atoms with Crippen molar-refractivity contribution in [3.63, 3.8) is 0 Å². The Kier molecular flexibility index (Phi) is 3.33. The Balaban J connectivity index is 1.64. The zero-order chi connectivity index (χ0) is 14.5.